The van der Waals surface area contributed by atoms with Gasteiger partial charge in [-0.3, -0.25) is 20.2 Å². The second-order valence-corrected chi connectivity index (χ2v) is 5.77. The standard InChI is InChI=1S/C13H15ClN4O3S/c1-16-4-6-17(7-5-16)13(22)15-12(19)9-2-3-10(14)11(8-9)18(20)21/h2-3,8H,4-7H2,1H3,(H,15,19,22). The average molecular weight is 343 g/mol. The van der Waals surface area contributed by atoms with E-state index in [-0.39, 0.29) is 16.3 Å². The Labute approximate surface area is 138 Å². The number of hydrogen-bond acceptors (Lipinski definition) is 5. The van der Waals surface area contributed by atoms with Gasteiger partial charge in [0.25, 0.3) is 11.6 Å². The second-order valence-electron chi connectivity index (χ2n) is 4.97. The molecule has 2 rings (SSSR count). The van der Waals surface area contributed by atoms with Crippen molar-refractivity contribution >= 4 is 40.5 Å². The lowest BCUT2D eigenvalue weighted by atomic mass is 10.2. The van der Waals surface area contributed by atoms with Gasteiger partial charge in [-0.1, -0.05) is 11.6 Å². The Hall–Kier alpha value is -1.77. The van der Waals surface area contributed by atoms with E-state index in [1.807, 2.05) is 11.9 Å². The summed E-state index contributed by atoms with van der Waals surface area (Å²) in [6.45, 7) is 3.19. The minimum atomic E-state index is -0.627. The van der Waals surface area contributed by atoms with Crippen LogP contribution in [0.15, 0.2) is 18.2 Å². The van der Waals surface area contributed by atoms with E-state index >= 15 is 0 Å². The molecule has 0 atom stereocenters. The summed E-state index contributed by atoms with van der Waals surface area (Å²) in [6.07, 6.45) is 0. The molecule has 0 aromatic heterocycles. The summed E-state index contributed by atoms with van der Waals surface area (Å²) in [4.78, 5) is 26.4. The van der Waals surface area contributed by atoms with Crippen molar-refractivity contribution in [1.29, 1.82) is 0 Å². The first kappa shape index (κ1) is 16.6. The van der Waals surface area contributed by atoms with E-state index in [2.05, 4.69) is 10.2 Å². The Morgan fingerprint density at radius 2 is 2.00 bits per heavy atom. The highest BCUT2D eigenvalue weighted by Crippen LogP contribution is 2.25. The highest BCUT2D eigenvalue weighted by Gasteiger charge is 2.20. The quantitative estimate of drug-likeness (QED) is 0.498. The molecule has 1 amide bonds. The molecule has 118 valence electrons. The number of amides is 1. The Morgan fingerprint density at radius 3 is 2.59 bits per heavy atom. The van der Waals surface area contributed by atoms with Gasteiger partial charge in [0.05, 0.1) is 4.92 Å². The number of nitrogens with zero attached hydrogens (tertiary/aromatic N) is 3. The van der Waals surface area contributed by atoms with Gasteiger partial charge >= 0.3 is 0 Å². The van der Waals surface area contributed by atoms with Gasteiger partial charge in [0.15, 0.2) is 5.11 Å². The first-order valence-corrected chi connectivity index (χ1v) is 7.40. The number of carbonyl (C=O) groups excluding carboxylic acids is 1. The molecular formula is C13H15ClN4O3S. The van der Waals surface area contributed by atoms with Crippen LogP contribution in [-0.2, 0) is 0 Å². The number of nitro benzene ring substituents is 1. The number of halogens is 1. The van der Waals surface area contributed by atoms with Crippen molar-refractivity contribution in [1.82, 2.24) is 15.1 Å². The number of carbonyl (C=O) groups is 1. The zero-order chi connectivity index (χ0) is 16.3. The van der Waals surface area contributed by atoms with E-state index < -0.39 is 10.8 Å². The monoisotopic (exact) mass is 342 g/mol. The fourth-order valence-corrected chi connectivity index (χ4v) is 2.51. The molecule has 1 heterocycles. The minimum Gasteiger partial charge on any atom is -0.346 e. The summed E-state index contributed by atoms with van der Waals surface area (Å²) in [5.41, 5.74) is -0.160. The van der Waals surface area contributed by atoms with Gasteiger partial charge in [-0.05, 0) is 31.4 Å². The molecule has 0 unspecified atom stereocenters. The first-order valence-electron chi connectivity index (χ1n) is 6.61. The van der Waals surface area contributed by atoms with Crippen molar-refractivity contribution in [2.45, 2.75) is 0 Å². The van der Waals surface area contributed by atoms with E-state index in [0.717, 1.165) is 32.2 Å². The molecule has 1 aromatic rings. The highest BCUT2D eigenvalue weighted by atomic mass is 35.5. The number of benzene rings is 1. The summed E-state index contributed by atoms with van der Waals surface area (Å²) < 4.78 is 0. The molecule has 22 heavy (non-hydrogen) atoms. The van der Waals surface area contributed by atoms with Crippen LogP contribution in [0.5, 0.6) is 0 Å². The SMILES string of the molecule is CN1CCN(C(=S)NC(=O)c2ccc(Cl)c([N+](=O)[O-])c2)CC1. The Bertz CT molecular complexity index is 617. The molecule has 9 heteroatoms. The van der Waals surface area contributed by atoms with Crippen molar-refractivity contribution in [3.8, 4) is 0 Å². The summed E-state index contributed by atoms with van der Waals surface area (Å²) in [5.74, 6) is -0.483. The fourth-order valence-electron chi connectivity index (χ4n) is 2.05. The molecule has 0 aliphatic carbocycles. The zero-order valence-corrected chi connectivity index (χ0v) is 13.5. The number of hydrogen-bond donors (Lipinski definition) is 1. The molecular weight excluding hydrogens is 328 g/mol. The van der Waals surface area contributed by atoms with Crippen molar-refractivity contribution in [2.75, 3.05) is 33.2 Å². The predicted molar refractivity (Wildman–Crippen MR) is 87.2 cm³/mol. The molecule has 1 aromatic carbocycles. The molecule has 0 radical (unpaired) electrons. The maximum atomic E-state index is 12.1. The lowest BCUT2D eigenvalue weighted by Crippen LogP contribution is -2.51. The van der Waals surface area contributed by atoms with Crippen LogP contribution in [0.25, 0.3) is 0 Å². The van der Waals surface area contributed by atoms with Gasteiger partial charge in [-0.15, -0.1) is 0 Å². The van der Waals surface area contributed by atoms with Gasteiger partial charge in [0.1, 0.15) is 5.02 Å². The van der Waals surface area contributed by atoms with Crippen molar-refractivity contribution in [3.63, 3.8) is 0 Å². The number of nitrogens with one attached hydrogen (secondary N) is 1. The van der Waals surface area contributed by atoms with Crippen molar-refractivity contribution in [3.05, 3.63) is 38.9 Å². The molecule has 1 aliphatic rings. The number of piperazine rings is 1. The van der Waals surface area contributed by atoms with Crippen molar-refractivity contribution < 1.29 is 9.72 Å². The van der Waals surface area contributed by atoms with Crippen LogP contribution in [0.3, 0.4) is 0 Å². The summed E-state index contributed by atoms with van der Waals surface area (Å²) >= 11 is 10.9. The van der Waals surface area contributed by atoms with Crippen LogP contribution < -0.4 is 5.32 Å². The van der Waals surface area contributed by atoms with Crippen molar-refractivity contribution in [2.24, 2.45) is 0 Å². The number of rotatable bonds is 2. The normalized spacial score (nSPS) is 15.5. The molecule has 0 spiro atoms. The predicted octanol–water partition coefficient (Wildman–Crippen LogP) is 1.51. The van der Waals surface area contributed by atoms with Gasteiger partial charge in [0, 0.05) is 37.8 Å². The molecule has 0 saturated carbocycles. The smallest absolute Gasteiger partial charge is 0.288 e. The maximum Gasteiger partial charge on any atom is 0.288 e. The van der Waals surface area contributed by atoms with Crippen LogP contribution in [0.1, 0.15) is 10.4 Å². The third kappa shape index (κ3) is 3.90. The van der Waals surface area contributed by atoms with Gasteiger partial charge in [0.2, 0.25) is 0 Å². The average Bonchev–Trinajstić information content (AvgIpc) is 2.47. The van der Waals surface area contributed by atoms with E-state index in [1.165, 1.54) is 12.1 Å². The Morgan fingerprint density at radius 1 is 1.36 bits per heavy atom. The summed E-state index contributed by atoms with van der Waals surface area (Å²) in [7, 11) is 2.02. The maximum absolute atomic E-state index is 12.1. The third-order valence-electron chi connectivity index (χ3n) is 3.42. The van der Waals surface area contributed by atoms with Gasteiger partial charge in [-0.2, -0.15) is 0 Å². The Balaban J connectivity index is 2.04. The van der Waals surface area contributed by atoms with Gasteiger partial charge < -0.3 is 9.80 Å². The third-order valence-corrected chi connectivity index (χ3v) is 4.10. The number of likely N-dealkylation sites (N-methyl/N-ethyl adjacent to an activating group) is 1. The molecule has 1 fully saturated rings. The molecule has 1 aliphatic heterocycles. The van der Waals surface area contributed by atoms with Crippen LogP contribution in [0.2, 0.25) is 5.02 Å². The minimum absolute atomic E-state index is 0.0109. The Kier molecular flexibility index (Phi) is 5.28. The topological polar surface area (TPSA) is 78.7 Å². The summed E-state index contributed by atoms with van der Waals surface area (Å²) in [6, 6.07) is 3.90. The van der Waals surface area contributed by atoms with E-state index in [1.54, 1.807) is 0 Å². The summed E-state index contributed by atoms with van der Waals surface area (Å²) in [5, 5.41) is 13.8. The molecule has 0 bridgehead atoms. The van der Waals surface area contributed by atoms with E-state index in [0.29, 0.717) is 5.11 Å². The highest BCUT2D eigenvalue weighted by molar-refractivity contribution is 7.80. The molecule has 7 nitrogen and oxygen atoms in total. The molecule has 1 saturated heterocycles. The van der Waals surface area contributed by atoms with E-state index in [4.69, 9.17) is 23.8 Å². The first-order chi connectivity index (χ1) is 10.4. The lowest BCUT2D eigenvalue weighted by Gasteiger charge is -2.33. The lowest BCUT2D eigenvalue weighted by molar-refractivity contribution is -0.384. The van der Waals surface area contributed by atoms with Crippen LogP contribution >= 0.6 is 23.8 Å². The van der Waals surface area contributed by atoms with Gasteiger partial charge in [-0.25, -0.2) is 0 Å². The molecule has 1 N–H and O–H groups in total. The fraction of sp³-hybridized carbons (Fsp3) is 0.385. The number of thiocarbonyl (C=S) groups is 1. The second kappa shape index (κ2) is 6.99. The zero-order valence-electron chi connectivity index (χ0n) is 11.9. The van der Waals surface area contributed by atoms with E-state index in [9.17, 15) is 14.9 Å². The van der Waals surface area contributed by atoms with Crippen LogP contribution in [0, 0.1) is 10.1 Å². The van der Waals surface area contributed by atoms with Crippen LogP contribution in [0.4, 0.5) is 5.69 Å². The number of nitro groups is 1. The van der Waals surface area contributed by atoms with Crippen LogP contribution in [-0.4, -0.2) is 59.0 Å². The largest absolute Gasteiger partial charge is 0.346 e.